The Kier molecular flexibility index (Phi) is 6.54. The van der Waals surface area contributed by atoms with Crippen molar-refractivity contribution in [1.82, 2.24) is 15.3 Å². The van der Waals surface area contributed by atoms with Gasteiger partial charge in [-0.05, 0) is 37.1 Å². The molecule has 3 rings (SSSR count). The molecule has 1 aromatic carbocycles. The predicted molar refractivity (Wildman–Crippen MR) is 108 cm³/mol. The van der Waals surface area contributed by atoms with Gasteiger partial charge in [0.1, 0.15) is 10.8 Å². The third-order valence-electron chi connectivity index (χ3n) is 4.26. The third kappa shape index (κ3) is 5.14. The van der Waals surface area contributed by atoms with Crippen molar-refractivity contribution in [2.45, 2.75) is 26.2 Å². The summed E-state index contributed by atoms with van der Waals surface area (Å²) in [4.78, 5) is 22.3. The Balaban J connectivity index is 1.48. The molecule has 0 spiro atoms. The fourth-order valence-electron chi connectivity index (χ4n) is 2.82. The lowest BCUT2D eigenvalue weighted by Crippen LogP contribution is -2.25. The topological polar surface area (TPSA) is 64.1 Å². The highest BCUT2D eigenvalue weighted by atomic mass is 32.1. The van der Waals surface area contributed by atoms with Crippen molar-refractivity contribution in [3.05, 3.63) is 64.8 Å². The number of thiazole rings is 1. The van der Waals surface area contributed by atoms with Gasteiger partial charge in [0.25, 0.3) is 0 Å². The number of aromatic nitrogens is 2. The van der Waals surface area contributed by atoms with E-state index in [4.69, 9.17) is 4.74 Å². The van der Waals surface area contributed by atoms with E-state index >= 15 is 0 Å². The Labute approximate surface area is 163 Å². The van der Waals surface area contributed by atoms with E-state index in [2.05, 4.69) is 15.3 Å². The van der Waals surface area contributed by atoms with Gasteiger partial charge < -0.3 is 10.1 Å². The molecule has 1 amide bonds. The van der Waals surface area contributed by atoms with Crippen LogP contribution in [0.2, 0.25) is 0 Å². The van der Waals surface area contributed by atoms with Gasteiger partial charge in [0.2, 0.25) is 5.91 Å². The molecule has 5 nitrogen and oxygen atoms in total. The molecule has 1 N–H and O–H groups in total. The Hall–Kier alpha value is -2.73. The number of rotatable bonds is 8. The molecule has 0 radical (unpaired) electrons. The van der Waals surface area contributed by atoms with Crippen molar-refractivity contribution in [2.75, 3.05) is 13.7 Å². The molecule has 3 aromatic rings. The first-order valence-corrected chi connectivity index (χ1v) is 9.75. The summed E-state index contributed by atoms with van der Waals surface area (Å²) in [5.41, 5.74) is 2.94. The van der Waals surface area contributed by atoms with E-state index in [0.717, 1.165) is 34.1 Å². The zero-order valence-electron chi connectivity index (χ0n) is 15.6. The summed E-state index contributed by atoms with van der Waals surface area (Å²) in [6.07, 6.45) is 3.66. The number of pyridine rings is 1. The van der Waals surface area contributed by atoms with Crippen LogP contribution in [0.1, 0.15) is 22.6 Å². The van der Waals surface area contributed by atoms with Crippen LogP contribution in [0.15, 0.2) is 48.7 Å². The van der Waals surface area contributed by atoms with E-state index in [1.54, 1.807) is 24.6 Å². The lowest BCUT2D eigenvalue weighted by Gasteiger charge is -2.08. The smallest absolute Gasteiger partial charge is 0.220 e. The maximum atomic E-state index is 12.1. The van der Waals surface area contributed by atoms with Gasteiger partial charge >= 0.3 is 0 Å². The molecule has 0 unspecified atom stereocenters. The van der Waals surface area contributed by atoms with Crippen LogP contribution in [0.5, 0.6) is 5.75 Å². The molecule has 0 bridgehead atoms. The number of nitrogens with zero attached hydrogens (tertiary/aromatic N) is 2. The predicted octanol–water partition coefficient (Wildman–Crippen LogP) is 3.81. The van der Waals surface area contributed by atoms with Gasteiger partial charge in [0, 0.05) is 30.5 Å². The largest absolute Gasteiger partial charge is 0.496 e. The normalized spacial score (nSPS) is 10.6. The standard InChI is InChI=1S/C21H23N3O2S/c1-15-19(27-21(24-15)17-8-5-6-13-22-17)12-14-23-20(25)11-10-16-7-3-4-9-18(16)26-2/h3-9,13H,10-12,14H2,1-2H3,(H,23,25). The number of nitrogens with one attached hydrogen (secondary N) is 1. The number of hydrogen-bond acceptors (Lipinski definition) is 5. The van der Waals surface area contributed by atoms with Crippen molar-refractivity contribution >= 4 is 17.2 Å². The summed E-state index contributed by atoms with van der Waals surface area (Å²) >= 11 is 1.64. The summed E-state index contributed by atoms with van der Waals surface area (Å²) in [6, 6.07) is 13.6. The Morgan fingerprint density at radius 1 is 1.15 bits per heavy atom. The number of ether oxygens (including phenoxy) is 1. The quantitative estimate of drug-likeness (QED) is 0.644. The van der Waals surface area contributed by atoms with Gasteiger partial charge in [-0.1, -0.05) is 24.3 Å². The van der Waals surface area contributed by atoms with Crippen LogP contribution in [-0.4, -0.2) is 29.5 Å². The maximum Gasteiger partial charge on any atom is 0.220 e. The van der Waals surface area contributed by atoms with Crippen molar-refractivity contribution in [1.29, 1.82) is 0 Å². The molecule has 0 aliphatic rings. The van der Waals surface area contributed by atoms with E-state index in [1.165, 1.54) is 4.88 Å². The average molecular weight is 382 g/mol. The molecule has 140 valence electrons. The molecule has 2 aromatic heterocycles. The van der Waals surface area contributed by atoms with E-state index in [1.807, 2.05) is 49.4 Å². The molecular formula is C21H23N3O2S. The first-order valence-electron chi connectivity index (χ1n) is 8.93. The van der Waals surface area contributed by atoms with Crippen LogP contribution in [0.4, 0.5) is 0 Å². The Bertz CT molecular complexity index is 893. The first kappa shape index (κ1) is 19.0. The number of carbonyl (C=O) groups is 1. The van der Waals surface area contributed by atoms with Crippen molar-refractivity contribution in [2.24, 2.45) is 0 Å². The monoisotopic (exact) mass is 381 g/mol. The van der Waals surface area contributed by atoms with Gasteiger partial charge in [0.15, 0.2) is 0 Å². The second-order valence-electron chi connectivity index (χ2n) is 6.15. The number of hydrogen-bond donors (Lipinski definition) is 1. The zero-order chi connectivity index (χ0) is 19.1. The third-order valence-corrected chi connectivity index (χ3v) is 5.50. The van der Waals surface area contributed by atoms with Gasteiger partial charge in [-0.25, -0.2) is 4.98 Å². The van der Waals surface area contributed by atoms with Gasteiger partial charge in [0.05, 0.1) is 18.5 Å². The van der Waals surface area contributed by atoms with Crippen LogP contribution < -0.4 is 10.1 Å². The molecule has 0 saturated heterocycles. The first-order chi connectivity index (χ1) is 13.2. The Morgan fingerprint density at radius 3 is 2.74 bits per heavy atom. The number of methoxy groups -OCH3 is 1. The van der Waals surface area contributed by atoms with Crippen LogP contribution >= 0.6 is 11.3 Å². The van der Waals surface area contributed by atoms with Crippen LogP contribution in [0.3, 0.4) is 0 Å². The molecule has 0 fully saturated rings. The van der Waals surface area contributed by atoms with Gasteiger partial charge in [-0.15, -0.1) is 11.3 Å². The molecule has 0 aliphatic heterocycles. The van der Waals surface area contributed by atoms with Crippen LogP contribution in [0.25, 0.3) is 10.7 Å². The highest BCUT2D eigenvalue weighted by Gasteiger charge is 2.11. The average Bonchev–Trinajstić information content (AvgIpc) is 3.08. The highest BCUT2D eigenvalue weighted by Crippen LogP contribution is 2.26. The molecular weight excluding hydrogens is 358 g/mol. The number of amides is 1. The molecule has 27 heavy (non-hydrogen) atoms. The summed E-state index contributed by atoms with van der Waals surface area (Å²) in [5, 5.41) is 3.92. The zero-order valence-corrected chi connectivity index (χ0v) is 16.4. The number of carbonyl (C=O) groups excluding carboxylic acids is 1. The number of aryl methyl sites for hydroxylation is 2. The van der Waals surface area contributed by atoms with E-state index < -0.39 is 0 Å². The lowest BCUT2D eigenvalue weighted by molar-refractivity contribution is -0.121. The van der Waals surface area contributed by atoms with Crippen molar-refractivity contribution in [3.8, 4) is 16.5 Å². The second-order valence-corrected chi connectivity index (χ2v) is 7.24. The van der Waals surface area contributed by atoms with E-state index in [0.29, 0.717) is 19.4 Å². The molecule has 2 heterocycles. The number of benzene rings is 1. The fraction of sp³-hybridized carbons (Fsp3) is 0.286. The second kappa shape index (κ2) is 9.28. The summed E-state index contributed by atoms with van der Waals surface area (Å²) in [5.74, 6) is 0.876. The SMILES string of the molecule is COc1ccccc1CCC(=O)NCCc1sc(-c2ccccn2)nc1C. The van der Waals surface area contributed by atoms with E-state index in [-0.39, 0.29) is 5.91 Å². The van der Waals surface area contributed by atoms with Crippen LogP contribution in [0, 0.1) is 6.92 Å². The van der Waals surface area contributed by atoms with Crippen molar-refractivity contribution in [3.63, 3.8) is 0 Å². The fourth-order valence-corrected chi connectivity index (χ4v) is 3.86. The van der Waals surface area contributed by atoms with Crippen LogP contribution in [-0.2, 0) is 17.6 Å². The number of para-hydroxylation sites is 1. The summed E-state index contributed by atoms with van der Waals surface area (Å²) in [6.45, 7) is 2.61. The highest BCUT2D eigenvalue weighted by molar-refractivity contribution is 7.15. The molecule has 0 aliphatic carbocycles. The maximum absolute atomic E-state index is 12.1. The van der Waals surface area contributed by atoms with E-state index in [9.17, 15) is 4.79 Å². The minimum absolute atomic E-state index is 0.0491. The van der Waals surface area contributed by atoms with Gasteiger partial charge in [-0.3, -0.25) is 9.78 Å². The van der Waals surface area contributed by atoms with Gasteiger partial charge in [-0.2, -0.15) is 0 Å². The minimum Gasteiger partial charge on any atom is -0.496 e. The Morgan fingerprint density at radius 2 is 1.96 bits per heavy atom. The lowest BCUT2D eigenvalue weighted by atomic mass is 10.1. The van der Waals surface area contributed by atoms with Crippen molar-refractivity contribution < 1.29 is 9.53 Å². The molecule has 6 heteroatoms. The molecule has 0 atom stereocenters. The summed E-state index contributed by atoms with van der Waals surface area (Å²) < 4.78 is 5.33. The minimum atomic E-state index is 0.0491. The molecule has 0 saturated carbocycles. The summed E-state index contributed by atoms with van der Waals surface area (Å²) in [7, 11) is 1.65.